The van der Waals surface area contributed by atoms with Crippen LogP contribution in [-0.2, 0) is 0 Å². The Morgan fingerprint density at radius 1 is 1.41 bits per heavy atom. The predicted molar refractivity (Wildman–Crippen MR) is 68.8 cm³/mol. The number of rotatable bonds is 6. The molecule has 0 aliphatic carbocycles. The Kier molecular flexibility index (Phi) is 5.42. The summed E-state index contributed by atoms with van der Waals surface area (Å²) in [6.45, 7) is 4.39. The summed E-state index contributed by atoms with van der Waals surface area (Å²) in [5, 5.41) is 3.24. The average Bonchev–Trinajstić information content (AvgIpc) is 2.35. The number of hydrogen-bond donors (Lipinski definition) is 1. The molecule has 1 aromatic rings. The monoisotopic (exact) mass is 239 g/mol. The Morgan fingerprint density at radius 2 is 2.12 bits per heavy atom. The van der Waals surface area contributed by atoms with Crippen molar-refractivity contribution < 1.29 is 9.13 Å². The van der Waals surface area contributed by atoms with Crippen molar-refractivity contribution in [2.45, 2.75) is 32.7 Å². The highest BCUT2D eigenvalue weighted by Crippen LogP contribution is 2.26. The van der Waals surface area contributed by atoms with Gasteiger partial charge in [-0.2, -0.15) is 0 Å². The van der Waals surface area contributed by atoms with E-state index in [1.807, 2.05) is 13.1 Å². The van der Waals surface area contributed by atoms with E-state index in [1.54, 1.807) is 12.1 Å². The van der Waals surface area contributed by atoms with Gasteiger partial charge in [0.1, 0.15) is 0 Å². The molecule has 96 valence electrons. The maximum atomic E-state index is 13.6. The zero-order chi connectivity index (χ0) is 12.8. The van der Waals surface area contributed by atoms with E-state index in [-0.39, 0.29) is 11.9 Å². The van der Waals surface area contributed by atoms with Crippen LogP contribution in [0.2, 0.25) is 0 Å². The first-order valence-corrected chi connectivity index (χ1v) is 6.13. The highest BCUT2D eigenvalue weighted by atomic mass is 19.1. The second kappa shape index (κ2) is 6.60. The second-order valence-corrected chi connectivity index (χ2v) is 4.48. The molecule has 17 heavy (non-hydrogen) atoms. The van der Waals surface area contributed by atoms with Crippen LogP contribution < -0.4 is 10.1 Å². The standard InChI is InChI=1S/C14H22FNO/c1-5-10(2)8-13(16-3)11-6-7-14(17-4)12(15)9-11/h6-7,9-10,13,16H,5,8H2,1-4H3. The van der Waals surface area contributed by atoms with Gasteiger partial charge in [-0.1, -0.05) is 26.3 Å². The molecule has 3 heteroatoms. The summed E-state index contributed by atoms with van der Waals surface area (Å²) in [5.41, 5.74) is 0.978. The lowest BCUT2D eigenvalue weighted by Gasteiger charge is -2.20. The summed E-state index contributed by atoms with van der Waals surface area (Å²) < 4.78 is 18.5. The van der Waals surface area contributed by atoms with Crippen molar-refractivity contribution in [2.75, 3.05) is 14.2 Å². The van der Waals surface area contributed by atoms with Crippen LogP contribution in [0.1, 0.15) is 38.3 Å². The van der Waals surface area contributed by atoms with Gasteiger partial charge in [0, 0.05) is 6.04 Å². The van der Waals surface area contributed by atoms with E-state index in [9.17, 15) is 4.39 Å². The largest absolute Gasteiger partial charge is 0.494 e. The smallest absolute Gasteiger partial charge is 0.165 e. The number of halogens is 1. The van der Waals surface area contributed by atoms with Crippen molar-refractivity contribution in [3.05, 3.63) is 29.6 Å². The van der Waals surface area contributed by atoms with Gasteiger partial charge in [0.2, 0.25) is 0 Å². The highest BCUT2D eigenvalue weighted by molar-refractivity contribution is 5.31. The van der Waals surface area contributed by atoms with E-state index >= 15 is 0 Å². The zero-order valence-electron chi connectivity index (χ0n) is 11.1. The van der Waals surface area contributed by atoms with E-state index in [1.165, 1.54) is 7.11 Å². The molecule has 0 radical (unpaired) electrons. The van der Waals surface area contributed by atoms with Crippen LogP contribution in [0.4, 0.5) is 4.39 Å². The number of benzene rings is 1. The fraction of sp³-hybridized carbons (Fsp3) is 0.571. The van der Waals surface area contributed by atoms with Crippen molar-refractivity contribution in [2.24, 2.45) is 5.92 Å². The Labute approximate surface area is 103 Å². The summed E-state index contributed by atoms with van der Waals surface area (Å²) in [6, 6.07) is 5.37. The average molecular weight is 239 g/mol. The van der Waals surface area contributed by atoms with Gasteiger partial charge in [0.15, 0.2) is 11.6 Å². The molecule has 0 aliphatic heterocycles. The minimum Gasteiger partial charge on any atom is -0.494 e. The summed E-state index contributed by atoms with van der Waals surface area (Å²) in [5.74, 6) is 0.624. The number of methoxy groups -OCH3 is 1. The second-order valence-electron chi connectivity index (χ2n) is 4.48. The van der Waals surface area contributed by atoms with Gasteiger partial charge in [0.25, 0.3) is 0 Å². The molecule has 1 rings (SSSR count). The molecule has 1 aromatic carbocycles. The minimum absolute atomic E-state index is 0.199. The third-order valence-electron chi connectivity index (χ3n) is 3.26. The van der Waals surface area contributed by atoms with Gasteiger partial charge < -0.3 is 10.1 Å². The molecule has 1 N–H and O–H groups in total. The van der Waals surface area contributed by atoms with Gasteiger partial charge in [-0.05, 0) is 37.1 Å². The third-order valence-corrected chi connectivity index (χ3v) is 3.26. The van der Waals surface area contributed by atoms with E-state index in [0.717, 1.165) is 18.4 Å². The minimum atomic E-state index is -0.297. The van der Waals surface area contributed by atoms with Crippen LogP contribution in [0.15, 0.2) is 18.2 Å². The van der Waals surface area contributed by atoms with E-state index in [0.29, 0.717) is 11.7 Å². The summed E-state index contributed by atoms with van der Waals surface area (Å²) in [4.78, 5) is 0. The van der Waals surface area contributed by atoms with Crippen LogP contribution in [0.3, 0.4) is 0 Å². The summed E-state index contributed by atoms with van der Waals surface area (Å²) in [7, 11) is 3.39. The van der Waals surface area contributed by atoms with Crippen molar-refractivity contribution in [3.8, 4) is 5.75 Å². The van der Waals surface area contributed by atoms with Crippen LogP contribution >= 0.6 is 0 Å². The number of ether oxygens (including phenoxy) is 1. The topological polar surface area (TPSA) is 21.3 Å². The highest BCUT2D eigenvalue weighted by Gasteiger charge is 2.14. The molecule has 0 amide bonds. The van der Waals surface area contributed by atoms with Crippen molar-refractivity contribution in [1.82, 2.24) is 5.32 Å². The quantitative estimate of drug-likeness (QED) is 0.820. The molecule has 0 fully saturated rings. The first-order valence-electron chi connectivity index (χ1n) is 6.13. The Bertz CT molecular complexity index is 354. The molecule has 2 nitrogen and oxygen atoms in total. The van der Waals surface area contributed by atoms with Crippen LogP contribution in [0.25, 0.3) is 0 Å². The maximum Gasteiger partial charge on any atom is 0.165 e. The lowest BCUT2D eigenvalue weighted by molar-refractivity contribution is 0.383. The predicted octanol–water partition coefficient (Wildman–Crippen LogP) is 3.53. The van der Waals surface area contributed by atoms with E-state index < -0.39 is 0 Å². The normalized spacial score (nSPS) is 14.4. The van der Waals surface area contributed by atoms with Gasteiger partial charge in [-0.3, -0.25) is 0 Å². The molecule has 0 spiro atoms. The van der Waals surface area contributed by atoms with Gasteiger partial charge >= 0.3 is 0 Å². The Hall–Kier alpha value is -1.09. The first kappa shape index (κ1) is 14.0. The van der Waals surface area contributed by atoms with E-state index in [2.05, 4.69) is 19.2 Å². The van der Waals surface area contributed by atoms with Gasteiger partial charge in [-0.25, -0.2) is 4.39 Å². The van der Waals surface area contributed by atoms with Crippen molar-refractivity contribution >= 4 is 0 Å². The Balaban J connectivity index is 2.85. The number of nitrogens with one attached hydrogen (secondary N) is 1. The molecule has 2 atom stereocenters. The summed E-state index contributed by atoms with van der Waals surface area (Å²) >= 11 is 0. The fourth-order valence-corrected chi connectivity index (χ4v) is 1.89. The van der Waals surface area contributed by atoms with Gasteiger partial charge in [0.05, 0.1) is 7.11 Å². The molecule has 0 heterocycles. The lowest BCUT2D eigenvalue weighted by Crippen LogP contribution is -2.19. The molecule has 0 aromatic heterocycles. The molecular formula is C14H22FNO. The maximum absolute atomic E-state index is 13.6. The molecule has 0 bridgehead atoms. The molecular weight excluding hydrogens is 217 g/mol. The van der Waals surface area contributed by atoms with Crippen LogP contribution in [-0.4, -0.2) is 14.2 Å². The number of hydrogen-bond acceptors (Lipinski definition) is 2. The van der Waals surface area contributed by atoms with Crippen molar-refractivity contribution in [1.29, 1.82) is 0 Å². The van der Waals surface area contributed by atoms with Gasteiger partial charge in [-0.15, -0.1) is 0 Å². The molecule has 0 aliphatic rings. The van der Waals surface area contributed by atoms with E-state index in [4.69, 9.17) is 4.74 Å². The van der Waals surface area contributed by atoms with Crippen LogP contribution in [0, 0.1) is 11.7 Å². The lowest BCUT2D eigenvalue weighted by atomic mass is 9.94. The molecule has 0 saturated heterocycles. The third kappa shape index (κ3) is 3.70. The molecule has 0 saturated carbocycles. The fourth-order valence-electron chi connectivity index (χ4n) is 1.89. The SMILES string of the molecule is CCC(C)CC(NC)c1ccc(OC)c(F)c1. The first-order chi connectivity index (χ1) is 8.12. The van der Waals surface area contributed by atoms with Crippen LogP contribution in [0.5, 0.6) is 5.75 Å². The van der Waals surface area contributed by atoms with Crippen molar-refractivity contribution in [3.63, 3.8) is 0 Å². The zero-order valence-corrected chi connectivity index (χ0v) is 11.1. The Morgan fingerprint density at radius 3 is 2.59 bits per heavy atom. The summed E-state index contributed by atoms with van der Waals surface area (Å²) in [6.07, 6.45) is 2.15. The molecule has 2 unspecified atom stereocenters.